The van der Waals surface area contributed by atoms with E-state index in [0.717, 1.165) is 0 Å². The van der Waals surface area contributed by atoms with E-state index in [0.29, 0.717) is 20.7 Å². The predicted octanol–water partition coefficient (Wildman–Crippen LogP) is 1.52. The largest absolute Gasteiger partial charge is 0.467 e. The molecule has 0 aliphatic rings. The van der Waals surface area contributed by atoms with Gasteiger partial charge in [-0.1, -0.05) is 0 Å². The fraction of sp³-hybridized carbons (Fsp3) is 0.143. The summed E-state index contributed by atoms with van der Waals surface area (Å²) in [5.74, 6) is -0.191. The maximum absolute atomic E-state index is 12.3. The third-order valence-electron chi connectivity index (χ3n) is 3.12. The van der Waals surface area contributed by atoms with E-state index in [4.69, 9.17) is 4.42 Å². The summed E-state index contributed by atoms with van der Waals surface area (Å²) >= 11 is 1.99. The smallest absolute Gasteiger partial charge is 0.274 e. The van der Waals surface area contributed by atoms with Crippen LogP contribution in [0.3, 0.4) is 0 Å². The number of aryl methyl sites for hydroxylation is 1. The molecule has 3 heterocycles. The van der Waals surface area contributed by atoms with Crippen molar-refractivity contribution in [1.29, 1.82) is 0 Å². The molecule has 0 bridgehead atoms. The fourth-order valence-electron chi connectivity index (χ4n) is 2.03. The molecule has 3 N–H and O–H groups in total. The molecule has 0 spiro atoms. The molecule has 0 unspecified atom stereocenters. The highest BCUT2D eigenvalue weighted by molar-refractivity contribution is 14.1. The van der Waals surface area contributed by atoms with Crippen molar-refractivity contribution < 1.29 is 14.0 Å². The van der Waals surface area contributed by atoms with Crippen molar-refractivity contribution in [3.63, 3.8) is 0 Å². The Hall–Kier alpha value is -2.63. The molecule has 2 amide bonds. The molecule has 3 rings (SSSR count). The lowest BCUT2D eigenvalue weighted by Crippen LogP contribution is -2.25. The predicted molar refractivity (Wildman–Crippen MR) is 92.3 cm³/mol. The lowest BCUT2D eigenvalue weighted by atomic mass is 10.3. The number of nitrogens with zero attached hydrogens (tertiary/aromatic N) is 3. The van der Waals surface area contributed by atoms with E-state index in [2.05, 4.69) is 25.9 Å². The summed E-state index contributed by atoms with van der Waals surface area (Å²) < 4.78 is 7.29. The van der Waals surface area contributed by atoms with E-state index in [1.807, 2.05) is 22.6 Å². The van der Waals surface area contributed by atoms with Gasteiger partial charge >= 0.3 is 0 Å². The van der Waals surface area contributed by atoms with Gasteiger partial charge in [0.15, 0.2) is 5.69 Å². The average Bonchev–Trinajstić information content (AvgIpc) is 3.26. The van der Waals surface area contributed by atoms with Gasteiger partial charge in [0.25, 0.3) is 11.8 Å². The van der Waals surface area contributed by atoms with Gasteiger partial charge in [-0.3, -0.25) is 19.4 Å². The number of rotatable bonds is 5. The highest BCUT2D eigenvalue weighted by Crippen LogP contribution is 2.16. The quantitative estimate of drug-likeness (QED) is 0.521. The normalized spacial score (nSPS) is 10.6. The Morgan fingerprint density at radius 1 is 1.42 bits per heavy atom. The van der Waals surface area contributed by atoms with E-state index in [9.17, 15) is 9.59 Å². The summed E-state index contributed by atoms with van der Waals surface area (Å²) in [5, 5.41) is 15.9. The summed E-state index contributed by atoms with van der Waals surface area (Å²) in [4.78, 5) is 24.6. The first-order chi connectivity index (χ1) is 11.5. The van der Waals surface area contributed by atoms with E-state index in [1.165, 1.54) is 17.1 Å². The van der Waals surface area contributed by atoms with E-state index in [1.54, 1.807) is 25.4 Å². The second kappa shape index (κ2) is 6.86. The van der Waals surface area contributed by atoms with Gasteiger partial charge in [-0.15, -0.1) is 0 Å². The van der Waals surface area contributed by atoms with Crippen LogP contribution in [0.4, 0.5) is 5.69 Å². The first kappa shape index (κ1) is 16.2. The number of nitrogens with one attached hydrogen (secondary N) is 3. The summed E-state index contributed by atoms with van der Waals surface area (Å²) in [6, 6.07) is 3.49. The Balaban J connectivity index is 1.74. The summed E-state index contributed by atoms with van der Waals surface area (Å²) in [5.41, 5.74) is 0.748. The molecule has 0 aromatic carbocycles. The van der Waals surface area contributed by atoms with Crippen molar-refractivity contribution in [2.45, 2.75) is 6.54 Å². The third-order valence-corrected chi connectivity index (χ3v) is 3.93. The molecular formula is C14H13IN6O3. The van der Waals surface area contributed by atoms with Crippen LogP contribution in [0.1, 0.15) is 26.7 Å². The molecule has 9 nitrogen and oxygen atoms in total. The number of amides is 2. The number of furan rings is 1. The highest BCUT2D eigenvalue weighted by atomic mass is 127. The SMILES string of the molecule is Cn1cc(NC(=O)c2[nH]ncc2I)c(C(=O)NCc2ccco2)n1. The zero-order chi connectivity index (χ0) is 17.1. The maximum Gasteiger partial charge on any atom is 0.274 e. The molecule has 3 aromatic rings. The number of H-pyrrole nitrogens is 1. The molecule has 0 aliphatic heterocycles. The molecule has 0 radical (unpaired) electrons. The van der Waals surface area contributed by atoms with Crippen LogP contribution >= 0.6 is 22.6 Å². The number of aromatic amines is 1. The Labute approximate surface area is 149 Å². The van der Waals surface area contributed by atoms with Gasteiger partial charge in [-0.25, -0.2) is 0 Å². The minimum atomic E-state index is -0.415. The summed E-state index contributed by atoms with van der Waals surface area (Å²) in [6.07, 6.45) is 4.62. The monoisotopic (exact) mass is 440 g/mol. The molecule has 24 heavy (non-hydrogen) atoms. The standard InChI is InChI=1S/C14H13IN6O3/c1-21-7-10(18-14(23)11-9(15)6-17-19-11)12(20-21)13(22)16-5-8-3-2-4-24-8/h2-4,6-7H,5H2,1H3,(H,16,22)(H,17,19)(H,18,23). The first-order valence-electron chi connectivity index (χ1n) is 6.89. The van der Waals surface area contributed by atoms with Crippen LogP contribution in [0.2, 0.25) is 0 Å². The van der Waals surface area contributed by atoms with Crippen molar-refractivity contribution >= 4 is 40.1 Å². The Morgan fingerprint density at radius 3 is 2.92 bits per heavy atom. The zero-order valence-electron chi connectivity index (χ0n) is 12.5. The Bertz CT molecular complexity index is 867. The third kappa shape index (κ3) is 3.48. The number of aromatic nitrogens is 4. The number of hydrogen-bond acceptors (Lipinski definition) is 5. The van der Waals surface area contributed by atoms with Gasteiger partial charge in [0.1, 0.15) is 11.5 Å². The van der Waals surface area contributed by atoms with Gasteiger partial charge < -0.3 is 15.1 Å². The van der Waals surface area contributed by atoms with Crippen LogP contribution in [0, 0.1) is 3.57 Å². The molecule has 3 aromatic heterocycles. The summed E-state index contributed by atoms with van der Waals surface area (Å²) in [7, 11) is 1.67. The molecule has 0 aliphatic carbocycles. The molecular weight excluding hydrogens is 427 g/mol. The molecule has 124 valence electrons. The number of halogens is 1. The second-order valence-electron chi connectivity index (χ2n) is 4.87. The van der Waals surface area contributed by atoms with Crippen molar-refractivity contribution in [3.05, 3.63) is 51.5 Å². The van der Waals surface area contributed by atoms with Gasteiger partial charge in [-0.2, -0.15) is 10.2 Å². The molecule has 0 saturated carbocycles. The minimum absolute atomic E-state index is 0.118. The Kier molecular flexibility index (Phi) is 4.64. The Morgan fingerprint density at radius 2 is 2.25 bits per heavy atom. The van der Waals surface area contributed by atoms with Crippen LogP contribution < -0.4 is 10.6 Å². The zero-order valence-corrected chi connectivity index (χ0v) is 14.7. The van der Waals surface area contributed by atoms with Crippen molar-refractivity contribution in [2.75, 3.05) is 5.32 Å². The number of hydrogen-bond donors (Lipinski definition) is 3. The van der Waals surface area contributed by atoms with Gasteiger partial charge in [0.05, 0.1) is 28.3 Å². The second-order valence-corrected chi connectivity index (χ2v) is 6.04. The van der Waals surface area contributed by atoms with Crippen LogP contribution in [0.5, 0.6) is 0 Å². The van der Waals surface area contributed by atoms with Crippen molar-refractivity contribution in [1.82, 2.24) is 25.3 Å². The number of carbonyl (C=O) groups is 2. The van der Waals surface area contributed by atoms with E-state index >= 15 is 0 Å². The lowest BCUT2D eigenvalue weighted by Gasteiger charge is -2.05. The van der Waals surface area contributed by atoms with Crippen LogP contribution in [0.25, 0.3) is 0 Å². The van der Waals surface area contributed by atoms with Crippen LogP contribution in [-0.4, -0.2) is 31.8 Å². The molecule has 0 saturated heterocycles. The van der Waals surface area contributed by atoms with E-state index < -0.39 is 11.8 Å². The lowest BCUT2D eigenvalue weighted by molar-refractivity contribution is 0.0943. The van der Waals surface area contributed by atoms with E-state index in [-0.39, 0.29) is 12.2 Å². The maximum atomic E-state index is 12.3. The fourth-order valence-corrected chi connectivity index (χ4v) is 2.53. The minimum Gasteiger partial charge on any atom is -0.467 e. The van der Waals surface area contributed by atoms with Crippen LogP contribution in [-0.2, 0) is 13.6 Å². The van der Waals surface area contributed by atoms with Crippen molar-refractivity contribution in [2.24, 2.45) is 7.05 Å². The van der Waals surface area contributed by atoms with Crippen LogP contribution in [0.15, 0.2) is 35.2 Å². The average molecular weight is 440 g/mol. The van der Waals surface area contributed by atoms with Crippen molar-refractivity contribution in [3.8, 4) is 0 Å². The number of anilines is 1. The van der Waals surface area contributed by atoms with Gasteiger partial charge in [-0.05, 0) is 34.7 Å². The number of carbonyl (C=O) groups excluding carboxylic acids is 2. The first-order valence-corrected chi connectivity index (χ1v) is 7.97. The highest BCUT2D eigenvalue weighted by Gasteiger charge is 2.20. The van der Waals surface area contributed by atoms with Gasteiger partial charge in [0, 0.05) is 13.2 Å². The molecule has 10 heteroatoms. The summed E-state index contributed by atoms with van der Waals surface area (Å²) in [6.45, 7) is 0.230. The molecule has 0 fully saturated rings. The van der Waals surface area contributed by atoms with Gasteiger partial charge in [0.2, 0.25) is 0 Å². The molecule has 0 atom stereocenters. The topological polar surface area (TPSA) is 118 Å².